The Balaban J connectivity index is 1.91. The lowest BCUT2D eigenvalue weighted by Crippen LogP contribution is -2.41. The Morgan fingerprint density at radius 1 is 1.26 bits per heavy atom. The van der Waals surface area contributed by atoms with Crippen molar-refractivity contribution in [2.45, 2.75) is 45.6 Å². The van der Waals surface area contributed by atoms with Crippen molar-refractivity contribution in [2.24, 2.45) is 17.6 Å². The SMILES string of the molecule is CCN(CC)C1CCN(C(=O)[C@@H]2CCC[C@@H]2CN)C1. The van der Waals surface area contributed by atoms with Crippen molar-refractivity contribution in [3.05, 3.63) is 0 Å². The van der Waals surface area contributed by atoms with Gasteiger partial charge in [-0.15, -0.1) is 0 Å². The van der Waals surface area contributed by atoms with Gasteiger partial charge in [0.15, 0.2) is 0 Å². The summed E-state index contributed by atoms with van der Waals surface area (Å²) < 4.78 is 0. The van der Waals surface area contributed by atoms with Crippen LogP contribution in [0.3, 0.4) is 0 Å². The molecule has 1 amide bonds. The monoisotopic (exact) mass is 267 g/mol. The molecule has 0 aromatic rings. The summed E-state index contributed by atoms with van der Waals surface area (Å²) in [5.41, 5.74) is 5.80. The number of hydrogen-bond acceptors (Lipinski definition) is 3. The molecule has 0 radical (unpaired) electrons. The van der Waals surface area contributed by atoms with Crippen molar-refractivity contribution in [1.82, 2.24) is 9.80 Å². The molecule has 1 unspecified atom stereocenters. The van der Waals surface area contributed by atoms with Crippen molar-refractivity contribution in [1.29, 1.82) is 0 Å². The molecule has 1 aliphatic heterocycles. The van der Waals surface area contributed by atoms with Crippen LogP contribution in [0.1, 0.15) is 39.5 Å². The average Bonchev–Trinajstić information content (AvgIpc) is 3.08. The zero-order chi connectivity index (χ0) is 13.8. The predicted octanol–water partition coefficient (Wildman–Crippen LogP) is 1.30. The van der Waals surface area contributed by atoms with Crippen molar-refractivity contribution in [3.8, 4) is 0 Å². The van der Waals surface area contributed by atoms with Crippen molar-refractivity contribution in [2.75, 3.05) is 32.7 Å². The molecule has 0 aromatic carbocycles. The first-order valence-corrected chi connectivity index (χ1v) is 7.94. The Labute approximate surface area is 117 Å². The number of likely N-dealkylation sites (N-methyl/N-ethyl adjacent to an activating group) is 1. The van der Waals surface area contributed by atoms with Gasteiger partial charge in [0.25, 0.3) is 0 Å². The smallest absolute Gasteiger partial charge is 0.226 e. The highest BCUT2D eigenvalue weighted by Crippen LogP contribution is 2.33. The second-order valence-electron chi connectivity index (χ2n) is 5.98. The number of likely N-dealkylation sites (tertiary alicyclic amines) is 1. The van der Waals surface area contributed by atoms with Gasteiger partial charge in [-0.3, -0.25) is 9.69 Å². The normalized spacial score (nSPS) is 31.4. The quantitative estimate of drug-likeness (QED) is 0.817. The first-order valence-electron chi connectivity index (χ1n) is 7.94. The van der Waals surface area contributed by atoms with E-state index in [1.165, 1.54) is 6.42 Å². The molecule has 4 heteroatoms. The second-order valence-corrected chi connectivity index (χ2v) is 5.98. The Kier molecular flexibility index (Phi) is 5.22. The van der Waals surface area contributed by atoms with E-state index in [2.05, 4.69) is 23.6 Å². The standard InChI is InChI=1S/C15H29N3O/c1-3-17(4-2)13-8-9-18(11-13)15(19)14-7-5-6-12(14)10-16/h12-14H,3-11,16H2,1-2H3/t12-,13?,14-/m1/s1. The number of carbonyl (C=O) groups is 1. The minimum absolute atomic E-state index is 0.209. The van der Waals surface area contributed by atoms with Crippen LogP contribution in [0.4, 0.5) is 0 Å². The van der Waals surface area contributed by atoms with Gasteiger partial charge >= 0.3 is 0 Å². The largest absolute Gasteiger partial charge is 0.341 e. The Bertz CT molecular complexity index is 304. The average molecular weight is 267 g/mol. The molecular weight excluding hydrogens is 238 g/mol. The third-order valence-corrected chi connectivity index (χ3v) is 5.08. The summed E-state index contributed by atoms with van der Waals surface area (Å²) in [6.45, 7) is 9.10. The van der Waals surface area contributed by atoms with E-state index in [9.17, 15) is 4.79 Å². The van der Waals surface area contributed by atoms with Crippen LogP contribution in [0.2, 0.25) is 0 Å². The van der Waals surface area contributed by atoms with Gasteiger partial charge < -0.3 is 10.6 Å². The fourth-order valence-corrected chi connectivity index (χ4v) is 3.86. The molecule has 0 bridgehead atoms. The predicted molar refractivity (Wildman–Crippen MR) is 77.8 cm³/mol. The lowest BCUT2D eigenvalue weighted by Gasteiger charge is -2.28. The van der Waals surface area contributed by atoms with Gasteiger partial charge in [-0.1, -0.05) is 20.3 Å². The van der Waals surface area contributed by atoms with Crippen LogP contribution in [0.25, 0.3) is 0 Å². The van der Waals surface area contributed by atoms with Crippen LogP contribution < -0.4 is 5.73 Å². The molecule has 2 fully saturated rings. The van der Waals surface area contributed by atoms with E-state index >= 15 is 0 Å². The molecule has 110 valence electrons. The lowest BCUT2D eigenvalue weighted by molar-refractivity contribution is -0.135. The summed E-state index contributed by atoms with van der Waals surface area (Å²) in [6, 6.07) is 0.566. The van der Waals surface area contributed by atoms with E-state index in [1.54, 1.807) is 0 Å². The highest BCUT2D eigenvalue weighted by atomic mass is 16.2. The summed E-state index contributed by atoms with van der Waals surface area (Å²) in [5.74, 6) is 1.02. The van der Waals surface area contributed by atoms with Gasteiger partial charge in [-0.05, 0) is 44.8 Å². The van der Waals surface area contributed by atoms with Gasteiger partial charge in [0, 0.05) is 25.0 Å². The fraction of sp³-hybridized carbons (Fsp3) is 0.933. The number of carbonyl (C=O) groups excluding carboxylic acids is 1. The summed E-state index contributed by atoms with van der Waals surface area (Å²) in [6.07, 6.45) is 4.49. The van der Waals surface area contributed by atoms with Crippen LogP contribution in [0.15, 0.2) is 0 Å². The van der Waals surface area contributed by atoms with Gasteiger partial charge in [0.1, 0.15) is 0 Å². The minimum Gasteiger partial charge on any atom is -0.341 e. The molecule has 2 aliphatic rings. The van der Waals surface area contributed by atoms with E-state index < -0.39 is 0 Å². The van der Waals surface area contributed by atoms with Crippen molar-refractivity contribution in [3.63, 3.8) is 0 Å². The van der Waals surface area contributed by atoms with Gasteiger partial charge in [-0.2, -0.15) is 0 Å². The highest BCUT2D eigenvalue weighted by molar-refractivity contribution is 5.79. The second kappa shape index (κ2) is 6.71. The maximum absolute atomic E-state index is 12.6. The molecule has 0 aromatic heterocycles. The first-order chi connectivity index (χ1) is 9.21. The summed E-state index contributed by atoms with van der Waals surface area (Å²) in [4.78, 5) is 17.2. The number of nitrogens with two attached hydrogens (primary N) is 1. The molecule has 4 nitrogen and oxygen atoms in total. The molecule has 0 spiro atoms. The molecule has 2 N–H and O–H groups in total. The topological polar surface area (TPSA) is 49.6 Å². The van der Waals surface area contributed by atoms with E-state index in [0.29, 0.717) is 24.4 Å². The lowest BCUT2D eigenvalue weighted by atomic mass is 9.95. The zero-order valence-electron chi connectivity index (χ0n) is 12.5. The number of rotatable bonds is 5. The minimum atomic E-state index is 0.209. The summed E-state index contributed by atoms with van der Waals surface area (Å²) >= 11 is 0. The van der Waals surface area contributed by atoms with Crippen LogP contribution in [0.5, 0.6) is 0 Å². The van der Waals surface area contributed by atoms with Gasteiger partial charge in [-0.25, -0.2) is 0 Å². The third kappa shape index (κ3) is 3.11. The molecule has 1 heterocycles. The number of amides is 1. The molecule has 2 rings (SSSR count). The highest BCUT2D eigenvalue weighted by Gasteiger charge is 2.37. The molecule has 1 saturated heterocycles. The van der Waals surface area contributed by atoms with Crippen molar-refractivity contribution < 1.29 is 4.79 Å². The van der Waals surface area contributed by atoms with Crippen LogP contribution in [0, 0.1) is 11.8 Å². The van der Waals surface area contributed by atoms with E-state index in [-0.39, 0.29) is 5.92 Å². The van der Waals surface area contributed by atoms with E-state index in [0.717, 1.165) is 45.4 Å². The van der Waals surface area contributed by atoms with Crippen LogP contribution in [-0.4, -0.2) is 54.5 Å². The Morgan fingerprint density at radius 3 is 2.63 bits per heavy atom. The maximum atomic E-state index is 12.6. The summed E-state index contributed by atoms with van der Waals surface area (Å²) in [5, 5.41) is 0. The third-order valence-electron chi connectivity index (χ3n) is 5.08. The molecule has 19 heavy (non-hydrogen) atoms. The Morgan fingerprint density at radius 2 is 2.00 bits per heavy atom. The van der Waals surface area contributed by atoms with Crippen LogP contribution in [-0.2, 0) is 4.79 Å². The molecule has 1 saturated carbocycles. The van der Waals surface area contributed by atoms with Gasteiger partial charge in [0.05, 0.1) is 0 Å². The molecular formula is C15H29N3O. The van der Waals surface area contributed by atoms with E-state index in [1.807, 2.05) is 0 Å². The van der Waals surface area contributed by atoms with Crippen LogP contribution >= 0.6 is 0 Å². The Hall–Kier alpha value is -0.610. The fourth-order valence-electron chi connectivity index (χ4n) is 3.86. The molecule has 3 atom stereocenters. The number of nitrogens with zero attached hydrogens (tertiary/aromatic N) is 2. The molecule has 1 aliphatic carbocycles. The van der Waals surface area contributed by atoms with Crippen molar-refractivity contribution >= 4 is 5.91 Å². The number of hydrogen-bond donors (Lipinski definition) is 1. The summed E-state index contributed by atoms with van der Waals surface area (Å²) in [7, 11) is 0. The zero-order valence-corrected chi connectivity index (χ0v) is 12.5. The van der Waals surface area contributed by atoms with E-state index in [4.69, 9.17) is 5.73 Å². The van der Waals surface area contributed by atoms with Gasteiger partial charge in [0.2, 0.25) is 5.91 Å². The maximum Gasteiger partial charge on any atom is 0.226 e. The first kappa shape index (κ1) is 14.8.